The van der Waals surface area contributed by atoms with Crippen LogP contribution in [0.5, 0.6) is 17.2 Å². The number of thiocarbonyl (C=S) groups is 1. The number of unbranched alkanes of at least 4 members (excludes halogenated alkanes) is 1. The number of rotatable bonds is 32. The smallest absolute Gasteiger partial charge is 0.326 e. The third-order valence-electron chi connectivity index (χ3n) is 21.1. The van der Waals surface area contributed by atoms with E-state index in [4.69, 9.17) is 55.8 Å². The van der Waals surface area contributed by atoms with Gasteiger partial charge in [0.25, 0.3) is 5.91 Å². The molecule has 3 aromatic carbocycles. The number of hydrogen-bond acceptors (Lipinski definition) is 18. The predicted molar refractivity (Wildman–Crippen MR) is 396 cm³/mol. The Morgan fingerprint density at radius 2 is 1.38 bits per heavy atom. The molecule has 3 fully saturated rings. The van der Waals surface area contributed by atoms with Crippen LogP contribution in [0.4, 0.5) is 5.69 Å². The maximum absolute atomic E-state index is 15.2. The van der Waals surface area contributed by atoms with Crippen molar-refractivity contribution in [2.45, 2.75) is 203 Å². The van der Waals surface area contributed by atoms with Crippen molar-refractivity contribution in [3.05, 3.63) is 95.1 Å². The molecule has 4 heterocycles. The number of phenols is 2. The van der Waals surface area contributed by atoms with Gasteiger partial charge in [-0.1, -0.05) is 58.4 Å². The van der Waals surface area contributed by atoms with E-state index in [0.29, 0.717) is 91.5 Å². The first-order valence-corrected chi connectivity index (χ1v) is 37.0. The van der Waals surface area contributed by atoms with Crippen molar-refractivity contribution >= 4 is 93.8 Å². The Hall–Kier alpha value is -9.95. The van der Waals surface area contributed by atoms with Crippen LogP contribution >= 0.6 is 12.2 Å². The van der Waals surface area contributed by atoms with Crippen LogP contribution in [0, 0.1) is 35.0 Å². The molecule has 12 unspecified atom stereocenters. The van der Waals surface area contributed by atoms with Gasteiger partial charge in [-0.15, -0.1) is 0 Å². The van der Waals surface area contributed by atoms with Crippen LogP contribution in [-0.4, -0.2) is 182 Å². The molecule has 4 aliphatic heterocycles. The molecule has 8 amide bonds. The molecule has 6 aliphatic rings. The summed E-state index contributed by atoms with van der Waals surface area (Å²) < 4.78 is 13.3. The summed E-state index contributed by atoms with van der Waals surface area (Å²) in [6, 6.07) is 6.15. The largest absolute Gasteiger partial charge is 0.508 e. The highest BCUT2D eigenvalue weighted by atomic mass is 32.1. The molecule has 2 aliphatic carbocycles. The molecule has 2 saturated heterocycles. The van der Waals surface area contributed by atoms with Gasteiger partial charge in [-0.2, -0.15) is 0 Å². The van der Waals surface area contributed by atoms with Crippen molar-refractivity contribution in [1.82, 2.24) is 41.7 Å². The first kappa shape index (κ1) is 80.2. The number of likely N-dealkylation sites (tertiary alicyclic amines) is 2. The molecule has 0 bridgehead atoms. The quantitative estimate of drug-likeness (QED) is 0.0184. The third-order valence-corrected chi connectivity index (χ3v) is 21.2. The Balaban J connectivity index is 0.866. The van der Waals surface area contributed by atoms with E-state index >= 15 is 9.59 Å². The number of nitrogens with two attached hydrogens (primary N) is 5. The fraction of sp³-hybridized carbons (Fsp3) is 0.554. The van der Waals surface area contributed by atoms with Crippen molar-refractivity contribution in [1.29, 1.82) is 5.41 Å². The third kappa shape index (κ3) is 19.4. The van der Waals surface area contributed by atoms with Gasteiger partial charge in [-0.3, -0.25) is 53.6 Å². The van der Waals surface area contributed by atoms with Crippen LogP contribution < -0.4 is 70.6 Å². The molecule has 106 heavy (non-hydrogen) atoms. The Labute approximate surface area is 620 Å². The number of anilines is 1. The average molecular weight is 1490 g/mol. The fourth-order valence-corrected chi connectivity index (χ4v) is 15.6. The number of ketones is 1. The van der Waals surface area contributed by atoms with E-state index in [1.807, 2.05) is 19.9 Å². The molecule has 32 heteroatoms. The normalized spacial score (nSPS) is 23.3. The number of carbonyl (C=O) groups excluding carboxylic acids is 9. The summed E-state index contributed by atoms with van der Waals surface area (Å²) in [7, 11) is 0. The van der Waals surface area contributed by atoms with Crippen LogP contribution in [0.25, 0.3) is 0 Å². The zero-order valence-electron chi connectivity index (χ0n) is 60.3. The number of nitrogens with one attached hydrogen (secondary N) is 8. The number of phenolic OH excluding ortho intramolecular Hbond substituents is 2. The van der Waals surface area contributed by atoms with E-state index in [2.05, 4.69) is 42.2 Å². The Kier molecular flexibility index (Phi) is 27.1. The van der Waals surface area contributed by atoms with Gasteiger partial charge in [0.15, 0.2) is 23.0 Å². The van der Waals surface area contributed by atoms with Gasteiger partial charge in [-0.25, -0.2) is 4.79 Å². The van der Waals surface area contributed by atoms with E-state index < -0.39 is 137 Å². The van der Waals surface area contributed by atoms with E-state index in [-0.39, 0.29) is 124 Å². The van der Waals surface area contributed by atoms with Crippen LogP contribution in [0.2, 0.25) is 0 Å². The van der Waals surface area contributed by atoms with E-state index in [0.717, 1.165) is 0 Å². The minimum atomic E-state index is -1.37. The average Bonchev–Trinajstić information content (AvgIpc) is 1.31. The van der Waals surface area contributed by atoms with Gasteiger partial charge < -0.3 is 100 Å². The first-order valence-electron chi connectivity index (χ1n) is 36.6. The number of amides is 8. The fourth-order valence-electron chi connectivity index (χ4n) is 15.4. The number of nitrogens with zero attached hydrogens (tertiary/aromatic N) is 3. The van der Waals surface area contributed by atoms with E-state index in [9.17, 15) is 53.7 Å². The number of aliphatic carboxylic acids is 1. The van der Waals surface area contributed by atoms with Gasteiger partial charge >= 0.3 is 5.97 Å². The number of carboxylic acid groups (broad SMARTS) is 1. The zero-order valence-corrected chi connectivity index (χ0v) is 61.1. The molecule has 0 aromatic heterocycles. The standard InChI is InChI=1S/C74H102N16O15S/c1-5-39(4)59(66(97)86-54(71(102)103)33-38(2)3)87-63(94)53(34-40-15-22-44(91)23-16-40)85-64(95)55-13-10-32-90(55)70(101)52(12-8-30-82-72(78)79)84-67(98)60(41-17-19-42(20-18-41)62(76)77)88-65(96)56-14-9-31-89(56)69(100)51(75)11-6-7-29-81-68(99)61-47-35-43(83-73(80)106)21-26-48(47)74(105-61)49-27-24-45(92)36-57(49)104-58-37-46(93)25-28-50(58)74/h15-16,21-28,35-36,38-39,41-42,50-56,58-61,91-92H,5-14,17-20,29-34,37,75H2,1-4H3,(H3,76,77)(H,81,99)(H,84,98)(H,85,95)(H,86,97)(H,87,94)(H,88,96)(H,102,103)(H4,78,79,82)(H3,80,83,106)/t39?,41?,42?,50?,51-,52?,53?,54?,55?,56?,58?,59?,60?,61?,74?/m0/s1. The molecule has 1 saturated carbocycles. The Morgan fingerprint density at radius 1 is 0.726 bits per heavy atom. The number of benzene rings is 3. The molecular formula is C74H102N16O15S. The maximum Gasteiger partial charge on any atom is 0.326 e. The van der Waals surface area contributed by atoms with Crippen molar-refractivity contribution < 1.29 is 72.7 Å². The summed E-state index contributed by atoms with van der Waals surface area (Å²) in [6.45, 7) is 7.59. The molecule has 31 nitrogen and oxygen atoms in total. The van der Waals surface area contributed by atoms with Crippen LogP contribution in [0.3, 0.4) is 0 Å². The number of ether oxygens (including phenoxy) is 2. The number of hydrogen-bond donors (Lipinski definition) is 16. The van der Waals surface area contributed by atoms with Crippen LogP contribution in [-0.2, 0) is 64.7 Å². The molecule has 13 atom stereocenters. The number of carbonyl (C=O) groups is 10. The highest BCUT2D eigenvalue weighted by Gasteiger charge is 2.60. The van der Waals surface area contributed by atoms with Gasteiger partial charge in [0.2, 0.25) is 41.4 Å². The molecule has 9 rings (SSSR count). The Morgan fingerprint density at radius 3 is 2.02 bits per heavy atom. The second kappa shape index (κ2) is 35.9. The maximum atomic E-state index is 15.2. The SMILES string of the molecule is CCC(C)C(NC(=O)C(Cc1ccc(O)cc1)NC(=O)C1CCCN1C(=O)C(CCCN=C(N)N)NC(=O)C(NC(=O)C1CCCN1C(=O)[C@@H](N)CCCCNC(=O)C1OC2(c3ccc(O)cc3OC3CC(=O)C=CC32)c2ccc(NC(N)=S)cc21)C1CCC(C(=N)N)CC1)C(=O)NC(CC(C)C)C(=O)O. The molecule has 1 spiro atoms. The summed E-state index contributed by atoms with van der Waals surface area (Å²) in [4.78, 5) is 149. The van der Waals surface area contributed by atoms with Crippen molar-refractivity contribution in [3.63, 3.8) is 0 Å². The second-order valence-electron chi connectivity index (χ2n) is 29.1. The molecule has 0 radical (unpaired) electrons. The summed E-state index contributed by atoms with van der Waals surface area (Å²) in [5, 5.41) is 58.7. The van der Waals surface area contributed by atoms with Gasteiger partial charge in [-0.05, 0) is 179 Å². The van der Waals surface area contributed by atoms with Crippen LogP contribution in [0.15, 0.2) is 77.8 Å². The van der Waals surface area contributed by atoms with Crippen LogP contribution in [0.1, 0.15) is 159 Å². The molecule has 3 aromatic rings. The summed E-state index contributed by atoms with van der Waals surface area (Å²) in [6.07, 6.45) is 5.54. The highest BCUT2D eigenvalue weighted by Crippen LogP contribution is 2.59. The predicted octanol–water partition coefficient (Wildman–Crippen LogP) is 2.21. The van der Waals surface area contributed by atoms with Crippen molar-refractivity contribution in [2.75, 3.05) is 31.5 Å². The Bertz CT molecular complexity index is 3850. The van der Waals surface area contributed by atoms with E-state index in [1.165, 1.54) is 40.1 Å². The number of aromatic hydroxyl groups is 2. The van der Waals surface area contributed by atoms with Gasteiger partial charge in [0.1, 0.15) is 71.2 Å². The molecule has 574 valence electrons. The topological polar surface area (TPSA) is 507 Å². The van der Waals surface area contributed by atoms with Gasteiger partial charge in [0.05, 0.1) is 17.8 Å². The lowest BCUT2D eigenvalue weighted by atomic mass is 9.69. The number of guanidine groups is 1. The van der Waals surface area contributed by atoms with E-state index in [1.54, 1.807) is 50.3 Å². The number of amidine groups is 1. The molecular weight excluding hydrogens is 1380 g/mol. The summed E-state index contributed by atoms with van der Waals surface area (Å²) >= 11 is 5.14. The summed E-state index contributed by atoms with van der Waals surface area (Å²) in [5.41, 5.74) is 31.2. The number of carboxylic acids is 1. The lowest BCUT2D eigenvalue weighted by Crippen LogP contribution is -2.61. The monoisotopic (exact) mass is 1490 g/mol. The van der Waals surface area contributed by atoms with Crippen molar-refractivity contribution in [2.24, 2.45) is 63.3 Å². The number of allylic oxidation sites excluding steroid dienone is 1. The van der Waals surface area contributed by atoms with Crippen molar-refractivity contribution in [3.8, 4) is 17.2 Å². The zero-order chi connectivity index (χ0) is 76.8. The second-order valence-corrected chi connectivity index (χ2v) is 29.5. The van der Waals surface area contributed by atoms with Gasteiger partial charge in [0, 0.05) is 62.3 Å². The number of aliphatic imine (C=N–C) groups is 1. The minimum Gasteiger partial charge on any atom is -0.508 e. The summed E-state index contributed by atoms with van der Waals surface area (Å²) in [5.74, 6) is -8.61. The molecule has 21 N–H and O–H groups in total. The minimum absolute atomic E-state index is 0.0000998. The first-order chi connectivity index (χ1) is 50.5. The lowest BCUT2D eigenvalue weighted by Gasteiger charge is -2.46. The number of fused-ring (bicyclic) bond motifs is 6. The highest BCUT2D eigenvalue weighted by molar-refractivity contribution is 7.80. The lowest BCUT2D eigenvalue weighted by molar-refractivity contribution is -0.152.